The van der Waals surface area contributed by atoms with Gasteiger partial charge in [-0.05, 0) is 69.1 Å². The summed E-state index contributed by atoms with van der Waals surface area (Å²) in [6.45, 7) is 11.7. The predicted molar refractivity (Wildman–Crippen MR) is 112 cm³/mol. The second-order valence-electron chi connectivity index (χ2n) is 7.32. The molecule has 1 heterocycles. The Kier molecular flexibility index (Phi) is 8.46. The molecule has 0 aliphatic rings. The van der Waals surface area contributed by atoms with E-state index in [1.165, 1.54) is 5.56 Å². The second-order valence-corrected chi connectivity index (χ2v) is 7.32. The average molecular weight is 368 g/mol. The smallest absolute Gasteiger partial charge is 0.251 e. The van der Waals surface area contributed by atoms with Crippen molar-refractivity contribution in [1.29, 1.82) is 0 Å². The molecule has 0 aliphatic carbocycles. The van der Waals surface area contributed by atoms with Gasteiger partial charge in [0.25, 0.3) is 5.91 Å². The number of nitrogens with one attached hydrogen (secondary N) is 1. The van der Waals surface area contributed by atoms with Crippen molar-refractivity contribution >= 4 is 5.91 Å². The molecule has 1 aromatic heterocycles. The highest BCUT2D eigenvalue weighted by atomic mass is 16.1. The number of hydrogen-bond donors (Lipinski definition) is 1. The largest absolute Gasteiger partial charge is 0.349 e. The van der Waals surface area contributed by atoms with Crippen LogP contribution in [0.3, 0.4) is 0 Å². The Bertz CT molecular complexity index is 706. The van der Waals surface area contributed by atoms with E-state index >= 15 is 0 Å². The maximum absolute atomic E-state index is 12.5. The van der Waals surface area contributed by atoms with Crippen LogP contribution in [0.25, 0.3) is 0 Å². The molecule has 1 atom stereocenters. The summed E-state index contributed by atoms with van der Waals surface area (Å²) in [6, 6.07) is 12.0. The lowest BCUT2D eigenvalue weighted by Gasteiger charge is -2.21. The number of carbonyl (C=O) groups excluding carboxylic acids is 1. The first-order valence-electron chi connectivity index (χ1n) is 10.1. The molecular weight excluding hydrogens is 334 g/mol. The Morgan fingerprint density at radius 1 is 1.11 bits per heavy atom. The van der Waals surface area contributed by atoms with Crippen molar-refractivity contribution in [2.45, 2.75) is 59.5 Å². The maximum atomic E-state index is 12.5. The minimum atomic E-state index is -0.0263. The van der Waals surface area contributed by atoms with Crippen molar-refractivity contribution in [2.75, 3.05) is 13.1 Å². The third kappa shape index (κ3) is 6.79. The van der Waals surface area contributed by atoms with Gasteiger partial charge in [-0.15, -0.1) is 0 Å². The summed E-state index contributed by atoms with van der Waals surface area (Å²) in [6.07, 6.45) is 4.86. The van der Waals surface area contributed by atoms with Crippen LogP contribution in [0.5, 0.6) is 0 Å². The van der Waals surface area contributed by atoms with Gasteiger partial charge in [-0.3, -0.25) is 14.7 Å². The van der Waals surface area contributed by atoms with Crippen molar-refractivity contribution in [2.24, 2.45) is 0 Å². The fraction of sp³-hybridized carbons (Fsp3) is 0.478. The molecule has 146 valence electrons. The molecule has 1 N–H and O–H groups in total. The van der Waals surface area contributed by atoms with Gasteiger partial charge in [-0.2, -0.15) is 0 Å². The molecule has 2 rings (SSSR count). The van der Waals surface area contributed by atoms with E-state index < -0.39 is 0 Å². The van der Waals surface area contributed by atoms with E-state index in [0.29, 0.717) is 5.56 Å². The Hall–Kier alpha value is -2.20. The number of aromatic nitrogens is 1. The van der Waals surface area contributed by atoms with E-state index in [4.69, 9.17) is 0 Å². The average Bonchev–Trinajstić information content (AvgIpc) is 2.64. The minimum absolute atomic E-state index is 0.0263. The molecule has 0 spiro atoms. The number of hydrogen-bond acceptors (Lipinski definition) is 3. The van der Waals surface area contributed by atoms with Crippen molar-refractivity contribution < 1.29 is 4.79 Å². The lowest BCUT2D eigenvalue weighted by Crippen LogP contribution is -2.34. The van der Waals surface area contributed by atoms with Crippen LogP contribution in [0.2, 0.25) is 0 Å². The highest BCUT2D eigenvalue weighted by Gasteiger charge is 2.12. The van der Waals surface area contributed by atoms with Crippen molar-refractivity contribution in [3.8, 4) is 0 Å². The zero-order chi connectivity index (χ0) is 19.6. The summed E-state index contributed by atoms with van der Waals surface area (Å²) >= 11 is 0. The molecule has 4 heteroatoms. The highest BCUT2D eigenvalue weighted by Crippen LogP contribution is 2.10. The van der Waals surface area contributed by atoms with E-state index in [1.54, 1.807) is 6.20 Å². The zero-order valence-electron chi connectivity index (χ0n) is 17.2. The van der Waals surface area contributed by atoms with Crippen LogP contribution >= 0.6 is 0 Å². The highest BCUT2D eigenvalue weighted by molar-refractivity contribution is 5.94. The molecule has 0 saturated heterocycles. The molecule has 4 nitrogen and oxygen atoms in total. The number of benzene rings is 1. The lowest BCUT2D eigenvalue weighted by molar-refractivity contribution is 0.0940. The van der Waals surface area contributed by atoms with Gasteiger partial charge in [-0.1, -0.05) is 32.0 Å². The Balaban J connectivity index is 1.91. The van der Waals surface area contributed by atoms with Crippen molar-refractivity contribution in [3.63, 3.8) is 0 Å². The minimum Gasteiger partial charge on any atom is -0.349 e. The predicted octanol–water partition coefficient (Wildman–Crippen LogP) is 4.37. The molecule has 0 aliphatic heterocycles. The molecule has 0 radical (unpaired) electrons. The quantitative estimate of drug-likeness (QED) is 0.678. The van der Waals surface area contributed by atoms with E-state index in [-0.39, 0.29) is 11.9 Å². The lowest BCUT2D eigenvalue weighted by atomic mass is 10.1. The number of aryl methyl sites for hydroxylation is 1. The van der Waals surface area contributed by atoms with Gasteiger partial charge in [0.15, 0.2) is 0 Å². The van der Waals surface area contributed by atoms with Gasteiger partial charge in [0, 0.05) is 36.5 Å². The van der Waals surface area contributed by atoms with Gasteiger partial charge in [0.1, 0.15) is 0 Å². The van der Waals surface area contributed by atoms with Crippen molar-refractivity contribution in [1.82, 2.24) is 15.2 Å². The monoisotopic (exact) mass is 367 g/mol. The normalized spacial score (nSPS) is 12.2. The van der Waals surface area contributed by atoms with Gasteiger partial charge in [0.05, 0.1) is 0 Å². The maximum Gasteiger partial charge on any atom is 0.251 e. The molecule has 1 unspecified atom stereocenters. The molecule has 0 bridgehead atoms. The van der Waals surface area contributed by atoms with Crippen LogP contribution in [-0.4, -0.2) is 34.9 Å². The number of amides is 1. The summed E-state index contributed by atoms with van der Waals surface area (Å²) in [5, 5.41) is 3.08. The third-order valence-corrected chi connectivity index (χ3v) is 4.70. The summed E-state index contributed by atoms with van der Waals surface area (Å²) in [7, 11) is 0. The number of nitrogens with zero attached hydrogens (tertiary/aromatic N) is 2. The molecule has 1 aromatic carbocycles. The van der Waals surface area contributed by atoms with E-state index in [9.17, 15) is 4.79 Å². The first-order chi connectivity index (χ1) is 13.0. The van der Waals surface area contributed by atoms with Gasteiger partial charge in [0.2, 0.25) is 0 Å². The Labute approximate surface area is 164 Å². The molecule has 2 aromatic rings. The van der Waals surface area contributed by atoms with Crippen molar-refractivity contribution in [3.05, 3.63) is 65.0 Å². The van der Waals surface area contributed by atoms with Crippen LogP contribution in [0.1, 0.15) is 60.8 Å². The van der Waals surface area contributed by atoms with Crippen LogP contribution < -0.4 is 5.32 Å². The van der Waals surface area contributed by atoms with E-state index in [1.807, 2.05) is 25.1 Å². The van der Waals surface area contributed by atoms with Crippen LogP contribution in [-0.2, 0) is 13.0 Å². The summed E-state index contributed by atoms with van der Waals surface area (Å²) in [5.41, 5.74) is 4.16. The zero-order valence-corrected chi connectivity index (χ0v) is 17.2. The first-order valence-corrected chi connectivity index (χ1v) is 10.1. The Morgan fingerprint density at radius 2 is 1.78 bits per heavy atom. The Morgan fingerprint density at radius 3 is 2.37 bits per heavy atom. The summed E-state index contributed by atoms with van der Waals surface area (Å²) in [4.78, 5) is 19.4. The molecular formula is C23H33N3O. The number of pyridine rings is 1. The van der Waals surface area contributed by atoms with Crippen LogP contribution in [0.4, 0.5) is 0 Å². The van der Waals surface area contributed by atoms with E-state index in [2.05, 4.69) is 54.2 Å². The van der Waals surface area contributed by atoms with Gasteiger partial charge in [-0.25, -0.2) is 0 Å². The van der Waals surface area contributed by atoms with E-state index in [0.717, 1.165) is 50.2 Å². The van der Waals surface area contributed by atoms with Gasteiger partial charge < -0.3 is 5.32 Å². The van der Waals surface area contributed by atoms with Crippen LogP contribution in [0.15, 0.2) is 42.6 Å². The number of carbonyl (C=O) groups is 1. The van der Waals surface area contributed by atoms with Gasteiger partial charge >= 0.3 is 0 Å². The third-order valence-electron chi connectivity index (χ3n) is 4.70. The fourth-order valence-electron chi connectivity index (χ4n) is 3.30. The topological polar surface area (TPSA) is 45.2 Å². The summed E-state index contributed by atoms with van der Waals surface area (Å²) < 4.78 is 0. The van der Waals surface area contributed by atoms with Crippen LogP contribution in [0, 0.1) is 6.92 Å². The molecule has 27 heavy (non-hydrogen) atoms. The first kappa shape index (κ1) is 21.1. The molecule has 0 fully saturated rings. The SMILES string of the molecule is CCCN(CCC)Cc1ccc(C(=O)NC(C)Cc2ncccc2C)cc1. The molecule has 1 amide bonds. The second kappa shape index (κ2) is 10.8. The molecule has 0 saturated carbocycles. The number of rotatable bonds is 10. The fourth-order valence-corrected chi connectivity index (χ4v) is 3.30. The standard InChI is InChI=1S/C23H33N3O/c1-5-14-26(15-6-2)17-20-9-11-21(12-10-20)23(27)25-19(4)16-22-18(3)8-7-13-24-22/h7-13,19H,5-6,14-17H2,1-4H3,(H,25,27). The summed E-state index contributed by atoms with van der Waals surface area (Å²) in [5.74, 6) is -0.0263.